The molecule has 0 spiro atoms. The number of nitriles is 1. The first-order valence-corrected chi connectivity index (χ1v) is 8.34. The fraction of sp³-hybridized carbons (Fsp3) is 0.105. The summed E-state index contributed by atoms with van der Waals surface area (Å²) in [4.78, 5) is 23.4. The summed E-state index contributed by atoms with van der Waals surface area (Å²) in [6, 6.07) is 11.1. The molecular weight excluding hydrogens is 391 g/mol. The van der Waals surface area contributed by atoms with Crippen molar-refractivity contribution in [1.82, 2.24) is 0 Å². The maximum absolute atomic E-state index is 12.3. The van der Waals surface area contributed by atoms with Crippen molar-refractivity contribution in [3.05, 3.63) is 57.6 Å². The van der Waals surface area contributed by atoms with Crippen molar-refractivity contribution < 1.29 is 19.1 Å². The average Bonchev–Trinajstić information content (AvgIpc) is 2.63. The van der Waals surface area contributed by atoms with Crippen molar-refractivity contribution in [1.29, 1.82) is 5.26 Å². The van der Waals surface area contributed by atoms with E-state index in [1.54, 1.807) is 18.2 Å². The van der Waals surface area contributed by atoms with Gasteiger partial charge >= 0.3 is 5.97 Å². The number of rotatable bonds is 5. The predicted molar refractivity (Wildman–Crippen MR) is 103 cm³/mol. The van der Waals surface area contributed by atoms with Crippen LogP contribution in [0.4, 0.5) is 5.69 Å². The van der Waals surface area contributed by atoms with Gasteiger partial charge in [0.25, 0.3) is 5.91 Å². The van der Waals surface area contributed by atoms with Crippen molar-refractivity contribution in [2.45, 2.75) is 6.92 Å². The van der Waals surface area contributed by atoms with E-state index < -0.39 is 11.9 Å². The molecule has 1 amide bonds. The normalized spacial score (nSPS) is 10.7. The summed E-state index contributed by atoms with van der Waals surface area (Å²) in [6.07, 6.45) is 1.38. The molecule has 1 N–H and O–H groups in total. The van der Waals surface area contributed by atoms with Crippen LogP contribution in [0.5, 0.6) is 11.5 Å². The number of anilines is 1. The largest absolute Gasteiger partial charge is 0.493 e. The second-order valence-corrected chi connectivity index (χ2v) is 6.07. The minimum absolute atomic E-state index is 0.136. The molecule has 0 fully saturated rings. The molecule has 0 aliphatic rings. The third-order valence-corrected chi connectivity index (χ3v) is 4.03. The zero-order valence-corrected chi connectivity index (χ0v) is 15.9. The Balaban J connectivity index is 2.26. The second-order valence-electron chi connectivity index (χ2n) is 5.26. The first kappa shape index (κ1) is 20.3. The Labute approximate surface area is 165 Å². The Kier molecular flexibility index (Phi) is 6.83. The fourth-order valence-electron chi connectivity index (χ4n) is 2.10. The SMILES string of the molecule is COc1cc(C=C(C#N)C(=O)Nc2ccc(Cl)c(Cl)c2)ccc1OC(C)=O. The van der Waals surface area contributed by atoms with Crippen molar-refractivity contribution >= 4 is 46.8 Å². The van der Waals surface area contributed by atoms with E-state index in [0.29, 0.717) is 22.0 Å². The number of nitrogens with zero attached hydrogens (tertiary/aromatic N) is 1. The van der Waals surface area contributed by atoms with Crippen LogP contribution in [0.15, 0.2) is 42.0 Å². The average molecular weight is 405 g/mol. The number of carbonyl (C=O) groups excluding carboxylic acids is 2. The summed E-state index contributed by atoms with van der Waals surface area (Å²) >= 11 is 11.7. The van der Waals surface area contributed by atoms with E-state index in [1.807, 2.05) is 6.07 Å². The van der Waals surface area contributed by atoms with Gasteiger partial charge in [-0.3, -0.25) is 9.59 Å². The molecule has 0 atom stereocenters. The lowest BCUT2D eigenvalue weighted by Crippen LogP contribution is -2.13. The number of amides is 1. The van der Waals surface area contributed by atoms with E-state index in [4.69, 9.17) is 32.7 Å². The van der Waals surface area contributed by atoms with Gasteiger partial charge in [0.1, 0.15) is 11.6 Å². The summed E-state index contributed by atoms with van der Waals surface area (Å²) in [7, 11) is 1.41. The fourth-order valence-corrected chi connectivity index (χ4v) is 2.40. The Bertz CT molecular complexity index is 965. The first-order chi connectivity index (χ1) is 12.8. The van der Waals surface area contributed by atoms with Crippen LogP contribution in [-0.2, 0) is 9.59 Å². The van der Waals surface area contributed by atoms with Gasteiger partial charge in [0.2, 0.25) is 0 Å². The number of benzene rings is 2. The highest BCUT2D eigenvalue weighted by Crippen LogP contribution is 2.29. The van der Waals surface area contributed by atoms with Gasteiger partial charge in [-0.15, -0.1) is 0 Å². The van der Waals surface area contributed by atoms with Gasteiger partial charge in [-0.05, 0) is 42.0 Å². The van der Waals surface area contributed by atoms with Crippen LogP contribution in [0.1, 0.15) is 12.5 Å². The minimum atomic E-state index is -0.612. The molecule has 0 aromatic heterocycles. The van der Waals surface area contributed by atoms with E-state index in [1.165, 1.54) is 38.3 Å². The summed E-state index contributed by atoms with van der Waals surface area (Å²) in [5, 5.41) is 12.5. The number of carbonyl (C=O) groups is 2. The molecule has 2 aromatic carbocycles. The smallest absolute Gasteiger partial charge is 0.308 e. The number of hydrogen-bond donors (Lipinski definition) is 1. The maximum Gasteiger partial charge on any atom is 0.308 e. The highest BCUT2D eigenvalue weighted by atomic mass is 35.5. The maximum atomic E-state index is 12.3. The highest BCUT2D eigenvalue weighted by Gasteiger charge is 2.12. The molecule has 2 rings (SSSR count). The molecule has 8 heteroatoms. The van der Waals surface area contributed by atoms with E-state index in [9.17, 15) is 14.9 Å². The Hall–Kier alpha value is -3.01. The lowest BCUT2D eigenvalue weighted by Gasteiger charge is -2.09. The van der Waals surface area contributed by atoms with E-state index in [0.717, 1.165) is 0 Å². The molecule has 0 aliphatic heterocycles. The number of esters is 1. The minimum Gasteiger partial charge on any atom is -0.493 e. The van der Waals surface area contributed by atoms with Gasteiger partial charge in [0.05, 0.1) is 17.2 Å². The topological polar surface area (TPSA) is 88.4 Å². The number of ether oxygens (including phenoxy) is 2. The predicted octanol–water partition coefficient (Wildman–Crippen LogP) is 4.47. The Morgan fingerprint density at radius 3 is 2.44 bits per heavy atom. The van der Waals surface area contributed by atoms with Crippen LogP contribution >= 0.6 is 23.2 Å². The standard InChI is InChI=1S/C19H14Cl2N2O4/c1-11(24)27-17-6-3-12(8-18(17)26-2)7-13(10-22)19(25)23-14-4-5-15(20)16(21)9-14/h3-9H,1-2H3,(H,23,25). The van der Waals surface area contributed by atoms with E-state index in [-0.39, 0.29) is 16.3 Å². The second kappa shape index (κ2) is 9.08. The zero-order valence-electron chi connectivity index (χ0n) is 14.4. The molecule has 0 saturated heterocycles. The van der Waals surface area contributed by atoms with Crippen molar-refractivity contribution in [2.24, 2.45) is 0 Å². The summed E-state index contributed by atoms with van der Waals surface area (Å²) in [5.41, 5.74) is 0.783. The number of hydrogen-bond acceptors (Lipinski definition) is 5. The van der Waals surface area contributed by atoms with Crippen LogP contribution in [0.2, 0.25) is 10.0 Å². The Morgan fingerprint density at radius 2 is 1.85 bits per heavy atom. The number of methoxy groups -OCH3 is 1. The van der Waals surface area contributed by atoms with Crippen molar-refractivity contribution in [3.8, 4) is 17.6 Å². The van der Waals surface area contributed by atoms with Crippen LogP contribution in [0, 0.1) is 11.3 Å². The molecule has 6 nitrogen and oxygen atoms in total. The number of halogens is 2. The molecular formula is C19H14Cl2N2O4. The zero-order chi connectivity index (χ0) is 20.0. The third kappa shape index (κ3) is 5.48. The van der Waals surface area contributed by atoms with Gasteiger partial charge in [0, 0.05) is 12.6 Å². The first-order valence-electron chi connectivity index (χ1n) is 7.58. The van der Waals surface area contributed by atoms with Gasteiger partial charge in [-0.1, -0.05) is 29.3 Å². The Morgan fingerprint density at radius 1 is 1.11 bits per heavy atom. The molecule has 0 bridgehead atoms. The molecule has 0 aliphatic carbocycles. The van der Waals surface area contributed by atoms with E-state index >= 15 is 0 Å². The molecule has 27 heavy (non-hydrogen) atoms. The third-order valence-electron chi connectivity index (χ3n) is 3.29. The molecule has 0 radical (unpaired) electrons. The van der Waals surface area contributed by atoms with E-state index in [2.05, 4.69) is 5.32 Å². The summed E-state index contributed by atoms with van der Waals surface area (Å²) in [6.45, 7) is 1.27. The summed E-state index contributed by atoms with van der Waals surface area (Å²) < 4.78 is 10.2. The van der Waals surface area contributed by atoms with Crippen LogP contribution in [0.3, 0.4) is 0 Å². The molecule has 2 aromatic rings. The molecule has 0 saturated carbocycles. The van der Waals surface area contributed by atoms with Crippen molar-refractivity contribution in [2.75, 3.05) is 12.4 Å². The molecule has 138 valence electrons. The highest BCUT2D eigenvalue weighted by molar-refractivity contribution is 6.42. The monoisotopic (exact) mass is 404 g/mol. The van der Waals surface area contributed by atoms with Crippen LogP contribution in [0.25, 0.3) is 6.08 Å². The van der Waals surface area contributed by atoms with Gasteiger partial charge in [-0.2, -0.15) is 5.26 Å². The summed E-state index contributed by atoms with van der Waals surface area (Å²) in [5.74, 6) is -0.573. The van der Waals surface area contributed by atoms with Gasteiger partial charge in [-0.25, -0.2) is 0 Å². The van der Waals surface area contributed by atoms with Gasteiger partial charge in [0.15, 0.2) is 11.5 Å². The quantitative estimate of drug-likeness (QED) is 0.343. The number of nitrogens with one attached hydrogen (secondary N) is 1. The lowest BCUT2D eigenvalue weighted by atomic mass is 10.1. The van der Waals surface area contributed by atoms with Gasteiger partial charge < -0.3 is 14.8 Å². The lowest BCUT2D eigenvalue weighted by molar-refractivity contribution is -0.132. The van der Waals surface area contributed by atoms with Crippen LogP contribution < -0.4 is 14.8 Å². The van der Waals surface area contributed by atoms with Crippen LogP contribution in [-0.4, -0.2) is 19.0 Å². The van der Waals surface area contributed by atoms with Crippen molar-refractivity contribution in [3.63, 3.8) is 0 Å². The molecule has 0 unspecified atom stereocenters. The molecule has 0 heterocycles.